The Morgan fingerprint density at radius 3 is 2.35 bits per heavy atom. The largest absolute Gasteiger partial charge is 0.465 e. The van der Waals surface area contributed by atoms with Gasteiger partial charge in [0.2, 0.25) is 0 Å². The summed E-state index contributed by atoms with van der Waals surface area (Å²) in [6.45, 7) is 8.79. The highest BCUT2D eigenvalue weighted by Crippen LogP contribution is 2.50. The van der Waals surface area contributed by atoms with Gasteiger partial charge in [-0.25, -0.2) is 4.79 Å². The number of likely N-dealkylation sites (tertiary alicyclic amines) is 1. The first-order valence-electron chi connectivity index (χ1n) is 6.45. The molecule has 4 heteroatoms. The smallest absolute Gasteiger partial charge is 0.407 e. The van der Waals surface area contributed by atoms with Crippen LogP contribution in [0.3, 0.4) is 0 Å². The minimum absolute atomic E-state index is 0.141. The van der Waals surface area contributed by atoms with E-state index in [0.717, 1.165) is 25.9 Å². The van der Waals surface area contributed by atoms with Crippen LogP contribution in [0.2, 0.25) is 0 Å². The molecule has 0 saturated carbocycles. The molecule has 0 aromatic rings. The van der Waals surface area contributed by atoms with E-state index >= 15 is 0 Å². The van der Waals surface area contributed by atoms with Crippen molar-refractivity contribution in [1.29, 1.82) is 0 Å². The summed E-state index contributed by atoms with van der Waals surface area (Å²) < 4.78 is 5.94. The molecule has 4 nitrogen and oxygen atoms in total. The number of piperidine rings is 1. The van der Waals surface area contributed by atoms with Crippen LogP contribution in [0.1, 0.15) is 40.0 Å². The Morgan fingerprint density at radius 1 is 1.29 bits per heavy atom. The van der Waals surface area contributed by atoms with Crippen LogP contribution in [0.25, 0.3) is 0 Å². The molecule has 2 aliphatic rings. The summed E-state index contributed by atoms with van der Waals surface area (Å²) in [4.78, 5) is 12.5. The van der Waals surface area contributed by atoms with Crippen molar-refractivity contribution in [2.75, 3.05) is 19.7 Å². The number of carboxylic acid groups (broad SMARTS) is 1. The van der Waals surface area contributed by atoms with E-state index in [1.54, 1.807) is 0 Å². The standard InChI is InChI=1S/C13H23NO3/c1-12(2,3)10-13(6-9-17-10)4-7-14(8-5-13)11(15)16/h10H,4-9H2,1-3H3,(H,15,16)/t10-/m1/s1. The third-order valence-corrected chi connectivity index (χ3v) is 4.26. The summed E-state index contributed by atoms with van der Waals surface area (Å²) in [6.07, 6.45) is 2.46. The van der Waals surface area contributed by atoms with Crippen LogP contribution in [0.5, 0.6) is 0 Å². The molecule has 0 aliphatic carbocycles. The van der Waals surface area contributed by atoms with Gasteiger partial charge in [-0.3, -0.25) is 0 Å². The zero-order chi connectivity index (χ0) is 12.7. The lowest BCUT2D eigenvalue weighted by Crippen LogP contribution is -2.49. The molecule has 0 radical (unpaired) electrons. The second-order valence-electron chi connectivity index (χ2n) is 6.50. The fourth-order valence-corrected chi connectivity index (χ4v) is 3.51. The number of carbonyl (C=O) groups is 1. The van der Waals surface area contributed by atoms with Crippen molar-refractivity contribution >= 4 is 6.09 Å². The molecular formula is C13H23NO3. The number of amides is 1. The third kappa shape index (κ3) is 2.28. The van der Waals surface area contributed by atoms with E-state index in [4.69, 9.17) is 9.84 Å². The molecule has 1 N–H and O–H groups in total. The minimum atomic E-state index is -0.786. The molecule has 2 heterocycles. The van der Waals surface area contributed by atoms with E-state index in [0.29, 0.717) is 13.1 Å². The maximum absolute atomic E-state index is 10.9. The molecule has 0 aromatic heterocycles. The van der Waals surface area contributed by atoms with E-state index in [1.165, 1.54) is 4.90 Å². The van der Waals surface area contributed by atoms with Gasteiger partial charge < -0.3 is 14.7 Å². The molecule has 2 rings (SSSR count). The highest BCUT2D eigenvalue weighted by molar-refractivity contribution is 5.65. The van der Waals surface area contributed by atoms with Gasteiger partial charge in [-0.2, -0.15) is 0 Å². The SMILES string of the molecule is CC(C)(C)[C@H]1OCCC12CCN(C(=O)O)CC2. The fourth-order valence-electron chi connectivity index (χ4n) is 3.51. The zero-order valence-corrected chi connectivity index (χ0v) is 11.0. The van der Waals surface area contributed by atoms with Crippen molar-refractivity contribution in [2.24, 2.45) is 10.8 Å². The van der Waals surface area contributed by atoms with Gasteiger partial charge in [0.1, 0.15) is 0 Å². The molecule has 1 amide bonds. The van der Waals surface area contributed by atoms with Crippen LogP contribution in [0.15, 0.2) is 0 Å². The molecule has 17 heavy (non-hydrogen) atoms. The van der Waals surface area contributed by atoms with Crippen LogP contribution in [0.4, 0.5) is 4.79 Å². The van der Waals surface area contributed by atoms with Gasteiger partial charge in [-0.05, 0) is 24.7 Å². The zero-order valence-electron chi connectivity index (χ0n) is 11.0. The Bertz CT molecular complexity index is 300. The highest BCUT2D eigenvalue weighted by Gasteiger charge is 2.50. The quantitative estimate of drug-likeness (QED) is 0.709. The Hall–Kier alpha value is -0.770. The summed E-state index contributed by atoms with van der Waals surface area (Å²) in [5.41, 5.74) is 0.353. The summed E-state index contributed by atoms with van der Waals surface area (Å²) in [5, 5.41) is 8.99. The Kier molecular flexibility index (Phi) is 3.10. The van der Waals surface area contributed by atoms with E-state index in [-0.39, 0.29) is 16.9 Å². The Balaban J connectivity index is 2.08. The lowest BCUT2D eigenvalue weighted by atomic mass is 9.65. The number of hydrogen-bond donors (Lipinski definition) is 1. The van der Waals surface area contributed by atoms with Gasteiger partial charge in [0, 0.05) is 25.1 Å². The monoisotopic (exact) mass is 241 g/mol. The van der Waals surface area contributed by atoms with E-state index in [2.05, 4.69) is 20.8 Å². The van der Waals surface area contributed by atoms with Crippen LogP contribution in [-0.4, -0.2) is 41.9 Å². The average Bonchev–Trinajstić information content (AvgIpc) is 2.62. The van der Waals surface area contributed by atoms with Gasteiger partial charge in [-0.15, -0.1) is 0 Å². The summed E-state index contributed by atoms with van der Waals surface area (Å²) in [6, 6.07) is 0. The molecule has 0 aromatic carbocycles. The maximum atomic E-state index is 10.9. The molecular weight excluding hydrogens is 218 g/mol. The molecule has 1 spiro atoms. The highest BCUT2D eigenvalue weighted by atomic mass is 16.5. The summed E-state index contributed by atoms with van der Waals surface area (Å²) in [5.74, 6) is 0. The Labute approximate surface area is 103 Å². The first-order chi connectivity index (χ1) is 7.85. The number of nitrogens with zero attached hydrogens (tertiary/aromatic N) is 1. The first-order valence-corrected chi connectivity index (χ1v) is 6.45. The number of hydrogen-bond acceptors (Lipinski definition) is 2. The Morgan fingerprint density at radius 2 is 1.88 bits per heavy atom. The predicted molar refractivity (Wildman–Crippen MR) is 65.1 cm³/mol. The van der Waals surface area contributed by atoms with Crippen molar-refractivity contribution in [3.05, 3.63) is 0 Å². The lowest BCUT2D eigenvalue weighted by molar-refractivity contribution is -0.0523. The van der Waals surface area contributed by atoms with E-state index in [9.17, 15) is 4.79 Å². The van der Waals surface area contributed by atoms with E-state index < -0.39 is 6.09 Å². The van der Waals surface area contributed by atoms with Gasteiger partial charge >= 0.3 is 6.09 Å². The van der Waals surface area contributed by atoms with Crippen LogP contribution < -0.4 is 0 Å². The van der Waals surface area contributed by atoms with Crippen molar-refractivity contribution < 1.29 is 14.6 Å². The summed E-state index contributed by atoms with van der Waals surface area (Å²) >= 11 is 0. The van der Waals surface area contributed by atoms with Gasteiger partial charge in [0.25, 0.3) is 0 Å². The third-order valence-electron chi connectivity index (χ3n) is 4.26. The van der Waals surface area contributed by atoms with Crippen LogP contribution in [-0.2, 0) is 4.74 Å². The van der Waals surface area contributed by atoms with Crippen molar-refractivity contribution in [1.82, 2.24) is 4.90 Å². The topological polar surface area (TPSA) is 49.8 Å². The van der Waals surface area contributed by atoms with Crippen LogP contribution >= 0.6 is 0 Å². The van der Waals surface area contributed by atoms with Crippen molar-refractivity contribution in [3.63, 3.8) is 0 Å². The second-order valence-corrected chi connectivity index (χ2v) is 6.50. The normalized spacial score (nSPS) is 28.6. The molecule has 0 unspecified atom stereocenters. The molecule has 2 saturated heterocycles. The molecule has 0 bridgehead atoms. The summed E-state index contributed by atoms with van der Waals surface area (Å²) in [7, 11) is 0. The van der Waals surface area contributed by atoms with Gasteiger partial charge in [0.05, 0.1) is 6.10 Å². The molecule has 2 fully saturated rings. The molecule has 2 aliphatic heterocycles. The maximum Gasteiger partial charge on any atom is 0.407 e. The molecule has 98 valence electrons. The lowest BCUT2D eigenvalue weighted by Gasteiger charge is -2.45. The average molecular weight is 241 g/mol. The van der Waals surface area contributed by atoms with Crippen molar-refractivity contribution in [2.45, 2.75) is 46.1 Å². The second kappa shape index (κ2) is 4.16. The van der Waals surface area contributed by atoms with Crippen molar-refractivity contribution in [3.8, 4) is 0 Å². The van der Waals surface area contributed by atoms with E-state index in [1.807, 2.05) is 0 Å². The molecule has 1 atom stereocenters. The fraction of sp³-hybridized carbons (Fsp3) is 0.923. The van der Waals surface area contributed by atoms with Gasteiger partial charge in [-0.1, -0.05) is 20.8 Å². The number of ether oxygens (including phenoxy) is 1. The van der Waals surface area contributed by atoms with Gasteiger partial charge in [0.15, 0.2) is 0 Å². The predicted octanol–water partition coefficient (Wildman–Crippen LogP) is 2.58. The first kappa shape index (κ1) is 12.7. The number of rotatable bonds is 0. The van der Waals surface area contributed by atoms with Crippen LogP contribution in [0, 0.1) is 10.8 Å². The minimum Gasteiger partial charge on any atom is -0.465 e.